The summed E-state index contributed by atoms with van der Waals surface area (Å²) in [6.45, 7) is 0.355. The van der Waals surface area contributed by atoms with Gasteiger partial charge in [0.25, 0.3) is 0 Å². The first-order valence-electron chi connectivity index (χ1n) is 5.98. The second kappa shape index (κ2) is 6.01. The molecule has 0 aliphatic heterocycles. The molecule has 1 aromatic rings. The summed E-state index contributed by atoms with van der Waals surface area (Å²) in [7, 11) is 0. The van der Waals surface area contributed by atoms with E-state index < -0.39 is 5.97 Å². The smallest absolute Gasteiger partial charge is 0.339 e. The second-order valence-corrected chi connectivity index (χ2v) is 5.29. The summed E-state index contributed by atoms with van der Waals surface area (Å²) in [5.74, 6) is -0.808. The minimum Gasteiger partial charge on any atom is -0.478 e. The van der Waals surface area contributed by atoms with Crippen LogP contribution in [0, 0.1) is 0 Å². The fourth-order valence-electron chi connectivity index (χ4n) is 1.57. The fourth-order valence-corrected chi connectivity index (χ4v) is 1.90. The fraction of sp³-hybridized carbons (Fsp3) is 0.417. The van der Waals surface area contributed by atoms with E-state index in [0.29, 0.717) is 23.5 Å². The van der Waals surface area contributed by atoms with Gasteiger partial charge in [-0.05, 0) is 34.8 Å². The molecule has 1 saturated carbocycles. The van der Waals surface area contributed by atoms with Crippen LogP contribution in [0.1, 0.15) is 29.6 Å². The van der Waals surface area contributed by atoms with Crippen LogP contribution in [-0.4, -0.2) is 34.6 Å². The number of halogens is 1. The van der Waals surface area contributed by atoms with E-state index in [0.717, 1.165) is 12.8 Å². The molecule has 1 aliphatic rings. The van der Waals surface area contributed by atoms with Crippen LogP contribution in [0.5, 0.6) is 0 Å². The Kier molecular flexibility index (Phi) is 4.36. The van der Waals surface area contributed by atoms with Gasteiger partial charge in [0.2, 0.25) is 5.91 Å². The average Bonchev–Trinajstić information content (AvgIpc) is 3.14. The molecule has 1 amide bonds. The topological polar surface area (TPSA) is 91.3 Å². The number of aromatic nitrogens is 1. The first kappa shape index (κ1) is 13.8. The van der Waals surface area contributed by atoms with E-state index in [1.54, 1.807) is 0 Å². The van der Waals surface area contributed by atoms with E-state index >= 15 is 0 Å². The number of carboxylic acid groups (broad SMARTS) is 1. The summed E-state index contributed by atoms with van der Waals surface area (Å²) >= 11 is 3.17. The number of nitrogens with zero attached hydrogens (tertiary/aromatic N) is 1. The molecule has 0 radical (unpaired) electrons. The van der Waals surface area contributed by atoms with E-state index in [1.165, 1.54) is 12.3 Å². The van der Waals surface area contributed by atoms with Crippen LogP contribution in [0.4, 0.5) is 5.82 Å². The SMILES string of the molecule is O=C(CCNc1ncc(Br)cc1C(=O)O)NC1CC1. The quantitative estimate of drug-likeness (QED) is 0.738. The van der Waals surface area contributed by atoms with Crippen LogP contribution in [0.25, 0.3) is 0 Å². The first-order chi connectivity index (χ1) is 9.06. The Balaban J connectivity index is 1.87. The molecule has 0 atom stereocenters. The van der Waals surface area contributed by atoms with Gasteiger partial charge in [0, 0.05) is 29.7 Å². The van der Waals surface area contributed by atoms with Gasteiger partial charge >= 0.3 is 5.97 Å². The molecule has 102 valence electrons. The highest BCUT2D eigenvalue weighted by atomic mass is 79.9. The van der Waals surface area contributed by atoms with Crippen molar-refractivity contribution in [2.75, 3.05) is 11.9 Å². The molecule has 1 aliphatic carbocycles. The van der Waals surface area contributed by atoms with Crippen LogP contribution < -0.4 is 10.6 Å². The molecule has 0 aromatic carbocycles. The van der Waals surface area contributed by atoms with Crippen LogP contribution in [0.2, 0.25) is 0 Å². The predicted octanol–water partition coefficient (Wildman–Crippen LogP) is 1.62. The molecule has 2 rings (SSSR count). The summed E-state index contributed by atoms with van der Waals surface area (Å²) in [4.78, 5) is 26.5. The number of amides is 1. The van der Waals surface area contributed by atoms with Crippen molar-refractivity contribution in [3.05, 3.63) is 22.3 Å². The maximum absolute atomic E-state index is 11.5. The van der Waals surface area contributed by atoms with Crippen molar-refractivity contribution in [3.8, 4) is 0 Å². The molecule has 0 bridgehead atoms. The lowest BCUT2D eigenvalue weighted by Crippen LogP contribution is -2.27. The van der Waals surface area contributed by atoms with Crippen molar-refractivity contribution in [2.45, 2.75) is 25.3 Å². The van der Waals surface area contributed by atoms with Gasteiger partial charge in [0.1, 0.15) is 11.4 Å². The third-order valence-electron chi connectivity index (χ3n) is 2.67. The van der Waals surface area contributed by atoms with Gasteiger partial charge in [0.05, 0.1) is 0 Å². The normalized spacial score (nSPS) is 13.9. The maximum atomic E-state index is 11.5. The number of carbonyl (C=O) groups excluding carboxylic acids is 1. The van der Waals surface area contributed by atoms with Gasteiger partial charge in [-0.1, -0.05) is 0 Å². The number of carboxylic acids is 1. The van der Waals surface area contributed by atoms with E-state index in [1.807, 2.05) is 0 Å². The molecular weight excluding hydrogens is 314 g/mol. The number of hydrogen-bond donors (Lipinski definition) is 3. The van der Waals surface area contributed by atoms with Crippen LogP contribution in [0.15, 0.2) is 16.7 Å². The van der Waals surface area contributed by atoms with Gasteiger partial charge in [-0.2, -0.15) is 0 Å². The van der Waals surface area contributed by atoms with Crippen molar-refractivity contribution in [1.29, 1.82) is 0 Å². The van der Waals surface area contributed by atoms with Crippen molar-refractivity contribution in [2.24, 2.45) is 0 Å². The Morgan fingerprint density at radius 1 is 1.47 bits per heavy atom. The lowest BCUT2D eigenvalue weighted by Gasteiger charge is -2.09. The zero-order valence-corrected chi connectivity index (χ0v) is 11.7. The molecule has 1 heterocycles. The molecule has 0 saturated heterocycles. The Morgan fingerprint density at radius 3 is 2.84 bits per heavy atom. The third-order valence-corrected chi connectivity index (χ3v) is 3.11. The number of anilines is 1. The van der Waals surface area contributed by atoms with Gasteiger partial charge in [-0.15, -0.1) is 0 Å². The van der Waals surface area contributed by atoms with Gasteiger partial charge in [-0.3, -0.25) is 4.79 Å². The van der Waals surface area contributed by atoms with Gasteiger partial charge in [0.15, 0.2) is 0 Å². The second-order valence-electron chi connectivity index (χ2n) is 4.37. The standard InChI is InChI=1S/C12H14BrN3O3/c13-7-5-9(12(18)19)11(15-6-7)14-4-3-10(17)16-8-1-2-8/h5-6,8H,1-4H2,(H,14,15)(H,16,17)(H,18,19). The molecule has 1 aromatic heterocycles. The number of hydrogen-bond acceptors (Lipinski definition) is 4. The number of carbonyl (C=O) groups is 2. The van der Waals surface area contributed by atoms with Crippen molar-refractivity contribution in [1.82, 2.24) is 10.3 Å². The van der Waals surface area contributed by atoms with Crippen molar-refractivity contribution in [3.63, 3.8) is 0 Å². The Labute approximate surface area is 118 Å². The Bertz CT molecular complexity index is 503. The van der Waals surface area contributed by atoms with Gasteiger partial charge in [-0.25, -0.2) is 9.78 Å². The molecule has 0 spiro atoms. The summed E-state index contributed by atoms with van der Waals surface area (Å²) < 4.78 is 0.599. The monoisotopic (exact) mass is 327 g/mol. The lowest BCUT2D eigenvalue weighted by atomic mass is 10.2. The van der Waals surface area contributed by atoms with E-state index in [-0.39, 0.29) is 17.3 Å². The number of rotatable bonds is 6. The predicted molar refractivity (Wildman–Crippen MR) is 73.2 cm³/mol. The highest BCUT2D eigenvalue weighted by molar-refractivity contribution is 9.10. The van der Waals surface area contributed by atoms with Crippen molar-refractivity contribution >= 4 is 33.6 Å². The van der Waals surface area contributed by atoms with Crippen LogP contribution in [0.3, 0.4) is 0 Å². The van der Waals surface area contributed by atoms with E-state index in [4.69, 9.17) is 5.11 Å². The zero-order valence-electron chi connectivity index (χ0n) is 10.1. The minimum atomic E-state index is -1.06. The molecule has 0 unspecified atom stereocenters. The molecule has 6 nitrogen and oxygen atoms in total. The highest BCUT2D eigenvalue weighted by Gasteiger charge is 2.22. The zero-order chi connectivity index (χ0) is 13.8. The van der Waals surface area contributed by atoms with Crippen molar-refractivity contribution < 1.29 is 14.7 Å². The summed E-state index contributed by atoms with van der Waals surface area (Å²) in [5, 5.41) is 14.8. The summed E-state index contributed by atoms with van der Waals surface area (Å²) in [6.07, 6.45) is 3.92. The molecule has 7 heteroatoms. The number of nitrogens with one attached hydrogen (secondary N) is 2. The minimum absolute atomic E-state index is 0.0241. The average molecular weight is 328 g/mol. The summed E-state index contributed by atoms with van der Waals surface area (Å²) in [5.41, 5.74) is 0.0805. The largest absolute Gasteiger partial charge is 0.478 e. The number of aromatic carboxylic acids is 1. The van der Waals surface area contributed by atoms with E-state index in [9.17, 15) is 9.59 Å². The summed E-state index contributed by atoms with van der Waals surface area (Å²) in [6, 6.07) is 1.81. The Hall–Kier alpha value is -1.63. The maximum Gasteiger partial charge on any atom is 0.339 e. The van der Waals surface area contributed by atoms with Gasteiger partial charge < -0.3 is 15.7 Å². The van der Waals surface area contributed by atoms with Crippen LogP contribution in [-0.2, 0) is 4.79 Å². The molecule has 3 N–H and O–H groups in total. The number of pyridine rings is 1. The molecule has 1 fully saturated rings. The molecular formula is C12H14BrN3O3. The highest BCUT2D eigenvalue weighted by Crippen LogP contribution is 2.19. The lowest BCUT2D eigenvalue weighted by molar-refractivity contribution is -0.120. The van der Waals surface area contributed by atoms with E-state index in [2.05, 4.69) is 31.5 Å². The van der Waals surface area contributed by atoms with Crippen LogP contribution >= 0.6 is 15.9 Å². The molecule has 19 heavy (non-hydrogen) atoms. The Morgan fingerprint density at radius 2 is 2.21 bits per heavy atom. The third kappa shape index (κ3) is 4.20. The first-order valence-corrected chi connectivity index (χ1v) is 6.77.